The molecule has 2 unspecified atom stereocenters. The first-order valence-electron chi connectivity index (χ1n) is 5.84. The lowest BCUT2D eigenvalue weighted by atomic mass is 9.69. The van der Waals surface area contributed by atoms with Gasteiger partial charge in [-0.1, -0.05) is 45.4 Å². The third-order valence-corrected chi connectivity index (χ3v) is 3.22. The monoisotopic (exact) mass is 226 g/mol. The molecule has 0 aromatic carbocycles. The second kappa shape index (κ2) is 5.85. The Kier molecular flexibility index (Phi) is 5.81. The molecule has 0 aromatic rings. The zero-order valence-corrected chi connectivity index (χ0v) is 12.5. The predicted octanol–water partition coefficient (Wildman–Crippen LogP) is 4.78. The standard InChI is InChI=1S/C14H24.H3P/c1-6-7-8-13-12(3)9-11(2)10-14(13,4)5;/h7-8,11H,6,9-10H2,1-5H3;1H3/b8-7+;. The van der Waals surface area contributed by atoms with Gasteiger partial charge in [-0.15, -0.1) is 0 Å². The molecule has 15 heavy (non-hydrogen) atoms. The summed E-state index contributed by atoms with van der Waals surface area (Å²) in [5.41, 5.74) is 3.56. The zero-order valence-electron chi connectivity index (χ0n) is 11.1. The first kappa shape index (κ1) is 14.9. The second-order valence-corrected chi connectivity index (χ2v) is 5.40. The molecule has 0 heterocycles. The number of hydrogen-bond acceptors (Lipinski definition) is 0. The van der Waals surface area contributed by atoms with Crippen LogP contribution in [0.2, 0.25) is 0 Å². The van der Waals surface area contributed by atoms with Crippen molar-refractivity contribution in [3.8, 4) is 0 Å². The Hall–Kier alpha value is -0.0900. The second-order valence-electron chi connectivity index (χ2n) is 5.40. The van der Waals surface area contributed by atoms with Crippen molar-refractivity contribution in [1.29, 1.82) is 0 Å². The Morgan fingerprint density at radius 2 is 2.00 bits per heavy atom. The van der Waals surface area contributed by atoms with Gasteiger partial charge in [0.25, 0.3) is 0 Å². The van der Waals surface area contributed by atoms with Gasteiger partial charge in [-0.2, -0.15) is 9.90 Å². The third kappa shape index (κ3) is 3.76. The fraction of sp³-hybridized carbons (Fsp3) is 0.714. The van der Waals surface area contributed by atoms with Gasteiger partial charge in [0, 0.05) is 0 Å². The normalized spacial score (nSPS) is 25.5. The summed E-state index contributed by atoms with van der Waals surface area (Å²) in [5.74, 6) is 0.851. The molecule has 0 amide bonds. The molecular weight excluding hydrogens is 199 g/mol. The van der Waals surface area contributed by atoms with E-state index in [0.29, 0.717) is 5.41 Å². The average molecular weight is 226 g/mol. The van der Waals surface area contributed by atoms with Crippen LogP contribution >= 0.6 is 9.90 Å². The van der Waals surface area contributed by atoms with Crippen molar-refractivity contribution in [2.24, 2.45) is 11.3 Å². The number of allylic oxidation sites excluding steroid dienone is 4. The van der Waals surface area contributed by atoms with Gasteiger partial charge in [-0.3, -0.25) is 0 Å². The van der Waals surface area contributed by atoms with E-state index in [1.165, 1.54) is 12.8 Å². The molecule has 1 aliphatic rings. The minimum atomic E-state index is 0. The van der Waals surface area contributed by atoms with E-state index < -0.39 is 0 Å². The van der Waals surface area contributed by atoms with Crippen molar-refractivity contribution < 1.29 is 0 Å². The van der Waals surface area contributed by atoms with Crippen LogP contribution in [0.4, 0.5) is 0 Å². The molecule has 2 atom stereocenters. The molecule has 1 rings (SSSR count). The summed E-state index contributed by atoms with van der Waals surface area (Å²) in [6.45, 7) is 11.6. The van der Waals surface area contributed by atoms with Gasteiger partial charge in [0.2, 0.25) is 0 Å². The summed E-state index contributed by atoms with van der Waals surface area (Å²) in [6.07, 6.45) is 8.39. The van der Waals surface area contributed by atoms with Crippen LogP contribution in [-0.4, -0.2) is 0 Å². The minimum absolute atomic E-state index is 0. The lowest BCUT2D eigenvalue weighted by Crippen LogP contribution is -2.23. The summed E-state index contributed by atoms with van der Waals surface area (Å²) >= 11 is 0. The van der Waals surface area contributed by atoms with Crippen molar-refractivity contribution in [2.75, 3.05) is 0 Å². The van der Waals surface area contributed by atoms with Crippen LogP contribution in [0.25, 0.3) is 0 Å². The van der Waals surface area contributed by atoms with E-state index in [1.807, 2.05) is 0 Å². The molecule has 0 saturated carbocycles. The predicted molar refractivity (Wildman–Crippen MR) is 75.4 cm³/mol. The zero-order chi connectivity index (χ0) is 10.8. The van der Waals surface area contributed by atoms with Gasteiger partial charge in [0.15, 0.2) is 0 Å². The largest absolute Gasteiger partial charge is 0.153 e. The van der Waals surface area contributed by atoms with Crippen molar-refractivity contribution in [1.82, 2.24) is 0 Å². The SMILES string of the molecule is CC/C=C/C1=C(C)CC(C)CC1(C)C.P. The maximum absolute atomic E-state index is 2.38. The molecule has 0 N–H and O–H groups in total. The summed E-state index contributed by atoms with van der Waals surface area (Å²) in [5, 5.41) is 0. The van der Waals surface area contributed by atoms with Gasteiger partial charge in [0.1, 0.15) is 0 Å². The van der Waals surface area contributed by atoms with E-state index in [2.05, 4.69) is 46.8 Å². The molecule has 0 radical (unpaired) electrons. The highest BCUT2D eigenvalue weighted by molar-refractivity contribution is 6.92. The Labute approximate surface area is 98.8 Å². The van der Waals surface area contributed by atoms with Crippen molar-refractivity contribution in [3.05, 3.63) is 23.3 Å². The summed E-state index contributed by atoms with van der Waals surface area (Å²) in [7, 11) is 0. The number of rotatable bonds is 2. The van der Waals surface area contributed by atoms with Crippen LogP contribution in [0, 0.1) is 11.3 Å². The molecule has 88 valence electrons. The average Bonchev–Trinajstić information content (AvgIpc) is 2.00. The first-order valence-corrected chi connectivity index (χ1v) is 5.84. The molecule has 1 heteroatoms. The van der Waals surface area contributed by atoms with E-state index in [-0.39, 0.29) is 9.90 Å². The molecule has 1 aliphatic carbocycles. The Morgan fingerprint density at radius 3 is 2.47 bits per heavy atom. The van der Waals surface area contributed by atoms with E-state index in [1.54, 1.807) is 11.1 Å². The lowest BCUT2D eigenvalue weighted by molar-refractivity contribution is 0.307. The van der Waals surface area contributed by atoms with Crippen LogP contribution in [0.1, 0.15) is 53.9 Å². The van der Waals surface area contributed by atoms with E-state index in [4.69, 9.17) is 0 Å². The Bertz CT molecular complexity index is 259. The van der Waals surface area contributed by atoms with E-state index >= 15 is 0 Å². The van der Waals surface area contributed by atoms with Gasteiger partial charge < -0.3 is 0 Å². The van der Waals surface area contributed by atoms with Crippen LogP contribution in [0.5, 0.6) is 0 Å². The third-order valence-electron chi connectivity index (χ3n) is 3.22. The van der Waals surface area contributed by atoms with Gasteiger partial charge in [-0.05, 0) is 43.1 Å². The van der Waals surface area contributed by atoms with Crippen molar-refractivity contribution in [2.45, 2.75) is 53.9 Å². The minimum Gasteiger partial charge on any atom is -0.153 e. The van der Waals surface area contributed by atoms with E-state index in [9.17, 15) is 0 Å². The highest BCUT2D eigenvalue weighted by Crippen LogP contribution is 2.43. The van der Waals surface area contributed by atoms with E-state index in [0.717, 1.165) is 12.3 Å². The van der Waals surface area contributed by atoms with Crippen LogP contribution in [-0.2, 0) is 0 Å². The van der Waals surface area contributed by atoms with Crippen LogP contribution in [0.3, 0.4) is 0 Å². The highest BCUT2D eigenvalue weighted by atomic mass is 31.0. The maximum atomic E-state index is 2.38. The smallest absolute Gasteiger partial charge is 0.0102 e. The highest BCUT2D eigenvalue weighted by Gasteiger charge is 2.30. The fourth-order valence-corrected chi connectivity index (χ4v) is 2.87. The van der Waals surface area contributed by atoms with Crippen molar-refractivity contribution >= 4 is 9.90 Å². The summed E-state index contributed by atoms with van der Waals surface area (Å²) in [4.78, 5) is 0. The Morgan fingerprint density at radius 1 is 1.40 bits per heavy atom. The number of hydrogen-bond donors (Lipinski definition) is 0. The fourth-order valence-electron chi connectivity index (χ4n) is 2.87. The first-order chi connectivity index (χ1) is 6.47. The molecule has 0 saturated heterocycles. The molecule has 0 aromatic heterocycles. The van der Waals surface area contributed by atoms with Crippen molar-refractivity contribution in [3.63, 3.8) is 0 Å². The molecule has 0 nitrogen and oxygen atoms in total. The topological polar surface area (TPSA) is 0 Å². The summed E-state index contributed by atoms with van der Waals surface area (Å²) in [6, 6.07) is 0. The molecule has 0 fully saturated rings. The van der Waals surface area contributed by atoms with Crippen LogP contribution in [0.15, 0.2) is 23.3 Å². The molecule has 0 spiro atoms. The quantitative estimate of drug-likeness (QED) is 0.594. The Balaban J connectivity index is 0.00000196. The van der Waals surface area contributed by atoms with Gasteiger partial charge in [-0.25, -0.2) is 0 Å². The summed E-state index contributed by atoms with van der Waals surface area (Å²) < 4.78 is 0. The maximum Gasteiger partial charge on any atom is -0.0102 e. The lowest BCUT2D eigenvalue weighted by Gasteiger charge is -2.36. The van der Waals surface area contributed by atoms with Crippen LogP contribution < -0.4 is 0 Å². The molecule has 0 aliphatic heterocycles. The molecule has 0 bridgehead atoms. The van der Waals surface area contributed by atoms with Gasteiger partial charge in [0.05, 0.1) is 0 Å². The van der Waals surface area contributed by atoms with Gasteiger partial charge >= 0.3 is 0 Å². The molecular formula is C14H27P.